The molecule has 0 aliphatic heterocycles. The Labute approximate surface area is 320 Å². The third kappa shape index (κ3) is 7.09. The topological polar surface area (TPSA) is 57.2 Å². The van der Waals surface area contributed by atoms with Gasteiger partial charge in [0.25, 0.3) is 0 Å². The molecule has 1 aliphatic carbocycles. The van der Waals surface area contributed by atoms with Crippen LogP contribution in [0.1, 0.15) is 38.0 Å². The monoisotopic (exact) mass is 832 g/mol. The van der Waals surface area contributed by atoms with Crippen LogP contribution in [0.15, 0.2) is 136 Å². The number of aliphatic hydroxyl groups is 1. The van der Waals surface area contributed by atoms with Crippen LogP contribution in [0.5, 0.6) is 23.0 Å². The van der Waals surface area contributed by atoms with Gasteiger partial charge in [0.05, 0.1) is 0 Å². The van der Waals surface area contributed by atoms with Crippen LogP contribution in [0, 0.1) is 0 Å². The van der Waals surface area contributed by atoms with Crippen LogP contribution in [-0.4, -0.2) is 60.0 Å². The molecule has 274 valence electrons. The van der Waals surface area contributed by atoms with E-state index in [-0.39, 0.29) is 5.04 Å². The van der Waals surface area contributed by atoms with E-state index >= 15 is 0 Å². The Morgan fingerprint density at radius 2 is 1.08 bits per heavy atom. The van der Waals surface area contributed by atoms with Crippen LogP contribution in [0.3, 0.4) is 0 Å². The van der Waals surface area contributed by atoms with E-state index < -0.39 is 32.6 Å². The van der Waals surface area contributed by atoms with E-state index in [2.05, 4.69) is 141 Å². The van der Waals surface area contributed by atoms with Gasteiger partial charge in [-0.05, 0) is 0 Å². The molecule has 0 aromatic heterocycles. The Morgan fingerprint density at radius 1 is 0.623 bits per heavy atom. The third-order valence-electron chi connectivity index (χ3n) is 11.3. The summed E-state index contributed by atoms with van der Waals surface area (Å²) in [6.45, 7) is 11.9. The molecule has 5 nitrogen and oxygen atoms in total. The van der Waals surface area contributed by atoms with Crippen molar-refractivity contribution < 1.29 is 24.1 Å². The Hall–Kier alpha value is -4.24. The van der Waals surface area contributed by atoms with Crippen molar-refractivity contribution in [2.45, 2.75) is 51.4 Å². The van der Waals surface area contributed by atoms with E-state index in [1.165, 1.54) is 10.7 Å². The molecule has 6 rings (SSSR count). The predicted octanol–water partition coefficient (Wildman–Crippen LogP) is 8.59. The van der Waals surface area contributed by atoms with E-state index in [9.17, 15) is 5.11 Å². The zero-order chi connectivity index (χ0) is 38.0. The van der Waals surface area contributed by atoms with Gasteiger partial charge in [-0.15, -0.1) is 0 Å². The van der Waals surface area contributed by atoms with Crippen molar-refractivity contribution in [1.82, 2.24) is 0 Å². The number of hydrogen-bond donors (Lipinski definition) is 1. The first-order valence-corrected chi connectivity index (χ1v) is 27.2. The second-order valence-corrected chi connectivity index (χ2v) is 30.9. The Kier molecular flexibility index (Phi) is 11.3. The van der Waals surface area contributed by atoms with Crippen LogP contribution in [0.4, 0.5) is 0 Å². The summed E-state index contributed by atoms with van der Waals surface area (Å²) in [7, 11) is 4.52. The van der Waals surface area contributed by atoms with Crippen molar-refractivity contribution in [2.75, 3.05) is 28.4 Å². The summed E-state index contributed by atoms with van der Waals surface area (Å²) < 4.78 is 30.5. The van der Waals surface area contributed by atoms with Gasteiger partial charge < -0.3 is 0 Å². The Morgan fingerprint density at radius 3 is 1.51 bits per heavy atom. The molecule has 0 unspecified atom stereocenters. The zero-order valence-electron chi connectivity index (χ0n) is 32.5. The minimum absolute atomic E-state index is 0.0615. The summed E-state index contributed by atoms with van der Waals surface area (Å²) in [5.74, 6) is 2.31. The maximum atomic E-state index is 13.3. The van der Waals surface area contributed by atoms with Gasteiger partial charge in [0.2, 0.25) is 0 Å². The van der Waals surface area contributed by atoms with E-state index in [1.54, 1.807) is 28.4 Å². The molecule has 1 N–H and O–H groups in total. The summed E-state index contributed by atoms with van der Waals surface area (Å²) in [5.41, 5.74) is 7.97. The Bertz CT molecular complexity index is 2020. The number of ether oxygens (including phenoxy) is 4. The summed E-state index contributed by atoms with van der Waals surface area (Å²) in [4.78, 5) is 0. The molecule has 7 heteroatoms. The van der Waals surface area contributed by atoms with Gasteiger partial charge in [0.15, 0.2) is 0 Å². The summed E-state index contributed by atoms with van der Waals surface area (Å²) in [6.07, 6.45) is -0.428. The quantitative estimate of drug-likeness (QED) is 0.151. The van der Waals surface area contributed by atoms with E-state index in [0.29, 0.717) is 29.4 Å². The van der Waals surface area contributed by atoms with E-state index in [0.717, 1.165) is 33.4 Å². The average molecular weight is 832 g/mol. The molecule has 53 heavy (non-hydrogen) atoms. The van der Waals surface area contributed by atoms with Gasteiger partial charge in [-0.2, -0.15) is 0 Å². The predicted molar refractivity (Wildman–Crippen MR) is 224 cm³/mol. The van der Waals surface area contributed by atoms with Crippen LogP contribution < -0.4 is 29.7 Å². The van der Waals surface area contributed by atoms with Crippen LogP contribution >= 0.6 is 0 Å². The molecule has 0 bridgehead atoms. The Balaban J connectivity index is 1.83. The fourth-order valence-electron chi connectivity index (χ4n) is 7.51. The third-order valence-corrected chi connectivity index (χ3v) is 29.0. The van der Waals surface area contributed by atoms with Gasteiger partial charge in [-0.1, -0.05) is 0 Å². The number of rotatable bonds is 9. The molecule has 0 fully saturated rings. The molecule has 1 atom stereocenters. The molecule has 0 saturated carbocycles. The van der Waals surface area contributed by atoms with Crippen LogP contribution in [-0.2, 0) is 6.42 Å². The first-order chi connectivity index (χ1) is 25.4. The first-order valence-electron chi connectivity index (χ1n) is 18.2. The van der Waals surface area contributed by atoms with E-state index in [1.807, 2.05) is 18.2 Å². The molecule has 5 aromatic carbocycles. The number of hydrogen-bond acceptors (Lipinski definition) is 5. The molecule has 0 heterocycles. The molecule has 0 amide bonds. The molecular weight excluding hydrogens is 779 g/mol. The van der Waals surface area contributed by atoms with Gasteiger partial charge in [0.1, 0.15) is 0 Å². The number of methoxy groups -OCH3 is 4. The normalized spacial score (nSPS) is 16.3. The standard InChI is InChI=1S/C28H37O5Si.3C6H5.Sn/c1-17-19(16-34(9,10)28(2,3)4)15-18-11-13-21(30-5)26(32-7)23(18)24-20(25(17)29)12-14-22(31-6)27(24)33-8;3*1-2-4-6-5-3-1;/h1,11-14,16,25,29H,15H2,2-10H3;3*1-5H;/t25-;;;;/m0..../s1. The molecule has 5 aromatic rings. The average Bonchev–Trinajstić information content (AvgIpc) is 3.17. The second-order valence-electron chi connectivity index (χ2n) is 15.3. The van der Waals surface area contributed by atoms with Gasteiger partial charge >= 0.3 is 323 Å². The molecule has 0 spiro atoms. The van der Waals surface area contributed by atoms with Crippen molar-refractivity contribution in [3.63, 3.8) is 0 Å². The van der Waals surface area contributed by atoms with Gasteiger partial charge in [-0.25, -0.2) is 0 Å². The maximum absolute atomic E-state index is 13.3. The summed E-state index contributed by atoms with van der Waals surface area (Å²) in [6, 6.07) is 40.9. The molecule has 0 radical (unpaired) electrons. The number of aliphatic hydroxyl groups excluding tert-OH is 1. The van der Waals surface area contributed by atoms with Crippen molar-refractivity contribution in [3.05, 3.63) is 147 Å². The van der Waals surface area contributed by atoms with E-state index in [4.69, 9.17) is 18.9 Å². The second kappa shape index (κ2) is 15.6. The summed E-state index contributed by atoms with van der Waals surface area (Å²) >= 11 is -4.13. The zero-order valence-corrected chi connectivity index (χ0v) is 36.3. The minimum atomic E-state index is -4.13. The van der Waals surface area contributed by atoms with Crippen molar-refractivity contribution in [2.24, 2.45) is 0 Å². The number of benzene rings is 5. The summed E-state index contributed by atoms with van der Waals surface area (Å²) in [5, 5.41) is 13.3. The van der Waals surface area contributed by atoms with Crippen molar-refractivity contribution >= 4 is 37.2 Å². The SMILES string of the molecule is COc1ccc2c(c1OC)-c1c(ccc(OC)c1OC)[C@@H](O)/C(=[CH]\[Sn]([c]1ccccc1)([c]1ccccc1)[c]1ccccc1)C(=C[Si](C)(C)C(C)(C)C)C2. The molecular formula is C46H52O5SiSn. The molecule has 1 aliphatic rings. The first kappa shape index (κ1) is 38.5. The van der Waals surface area contributed by atoms with Gasteiger partial charge in [-0.3, -0.25) is 0 Å². The number of fused-ring (bicyclic) bond motifs is 3. The van der Waals surface area contributed by atoms with Gasteiger partial charge in [0, 0.05) is 0 Å². The van der Waals surface area contributed by atoms with Crippen molar-refractivity contribution in [3.8, 4) is 34.1 Å². The molecule has 0 saturated heterocycles. The fourth-order valence-corrected chi connectivity index (χ4v) is 21.8. The van der Waals surface area contributed by atoms with Crippen LogP contribution in [0.2, 0.25) is 18.1 Å². The van der Waals surface area contributed by atoms with Crippen molar-refractivity contribution in [1.29, 1.82) is 0 Å². The van der Waals surface area contributed by atoms with Crippen LogP contribution in [0.25, 0.3) is 11.1 Å². The fraction of sp³-hybridized carbons (Fsp3) is 0.261.